The summed E-state index contributed by atoms with van der Waals surface area (Å²) in [6.45, 7) is 0. The molecular formula is C64H45N3O. The summed E-state index contributed by atoms with van der Waals surface area (Å²) in [6.07, 6.45) is 6.24. The first-order valence-electron chi connectivity index (χ1n) is 24.0. The highest BCUT2D eigenvalue weighted by Gasteiger charge is 2.44. The molecule has 0 amide bonds. The number of nitrogens with zero attached hydrogens (tertiary/aromatic N) is 3. The fourth-order valence-corrected chi connectivity index (χ4v) is 11.7. The van der Waals surface area contributed by atoms with Crippen molar-refractivity contribution in [2.75, 3.05) is 0 Å². The Hall–Kier alpha value is -8.34. The lowest BCUT2D eigenvalue weighted by Crippen LogP contribution is -2.27. The van der Waals surface area contributed by atoms with Crippen LogP contribution in [0.25, 0.3) is 117 Å². The normalized spacial score (nSPS) is 14.0. The molecule has 0 atom stereocenters. The van der Waals surface area contributed by atoms with Gasteiger partial charge in [0.15, 0.2) is 5.82 Å². The van der Waals surface area contributed by atoms with Crippen molar-refractivity contribution in [1.29, 1.82) is 0 Å². The molecule has 68 heavy (non-hydrogen) atoms. The molecule has 0 N–H and O–H groups in total. The standard InChI is InChI=1S/C64H45N3O/c1-4-15-41(16-5-1)42-25-27-43(28-26-42)57-40-58(66-63(65-57)44-17-6-2-7-18-44)47-20-14-19-45(35-47)46-29-31-50-54-38-56-53(49-21-8-10-23-55(49)64(56)33-12-3-13-34-64)39-60(54)67(59(50)36-46)48-30-32-52-51-22-9-11-24-61(51)68-62(52)37-48/h1-2,4-11,14-32,35-40H,3,12-13,33-34H2. The van der Waals surface area contributed by atoms with Gasteiger partial charge in [-0.25, -0.2) is 9.97 Å². The summed E-state index contributed by atoms with van der Waals surface area (Å²) in [5.74, 6) is 0.701. The zero-order valence-corrected chi connectivity index (χ0v) is 37.5. The highest BCUT2D eigenvalue weighted by Crippen LogP contribution is 2.57. The summed E-state index contributed by atoms with van der Waals surface area (Å²) in [4.78, 5) is 10.4. The molecule has 1 saturated carbocycles. The van der Waals surface area contributed by atoms with Gasteiger partial charge in [-0.3, -0.25) is 0 Å². The Labute approximate surface area is 394 Å². The van der Waals surface area contributed by atoms with Gasteiger partial charge >= 0.3 is 0 Å². The van der Waals surface area contributed by atoms with Crippen LogP contribution in [0.4, 0.5) is 0 Å². The maximum Gasteiger partial charge on any atom is 0.160 e. The summed E-state index contributed by atoms with van der Waals surface area (Å²) in [5.41, 5.74) is 20.6. The average Bonchev–Trinajstić information content (AvgIpc) is 4.03. The Kier molecular flexibility index (Phi) is 8.79. The van der Waals surface area contributed by atoms with Gasteiger partial charge in [0.1, 0.15) is 11.2 Å². The fourth-order valence-electron chi connectivity index (χ4n) is 11.7. The van der Waals surface area contributed by atoms with E-state index in [1.807, 2.05) is 24.3 Å². The molecule has 1 fully saturated rings. The van der Waals surface area contributed by atoms with Crippen LogP contribution in [0.2, 0.25) is 0 Å². The Morgan fingerprint density at radius 1 is 0.368 bits per heavy atom. The van der Waals surface area contributed by atoms with Gasteiger partial charge < -0.3 is 8.98 Å². The van der Waals surface area contributed by atoms with Gasteiger partial charge in [0.05, 0.1) is 22.4 Å². The lowest BCUT2D eigenvalue weighted by molar-refractivity contribution is 0.353. The second kappa shape index (κ2) is 15.4. The Bertz CT molecular complexity index is 3930. The van der Waals surface area contributed by atoms with Crippen molar-refractivity contribution >= 4 is 43.7 Å². The molecule has 3 heterocycles. The summed E-state index contributed by atoms with van der Waals surface area (Å²) in [5, 5.41) is 4.81. The number of aromatic nitrogens is 3. The minimum absolute atomic E-state index is 0.0627. The van der Waals surface area contributed by atoms with Crippen LogP contribution in [0.15, 0.2) is 217 Å². The second-order valence-corrected chi connectivity index (χ2v) is 18.8. The van der Waals surface area contributed by atoms with Gasteiger partial charge in [-0.2, -0.15) is 0 Å². The molecule has 14 rings (SSSR count). The van der Waals surface area contributed by atoms with E-state index in [0.717, 1.165) is 66.8 Å². The highest BCUT2D eigenvalue weighted by molar-refractivity contribution is 6.13. The van der Waals surface area contributed by atoms with Crippen molar-refractivity contribution in [1.82, 2.24) is 14.5 Å². The molecule has 12 aromatic rings. The topological polar surface area (TPSA) is 43.9 Å². The van der Waals surface area contributed by atoms with Crippen LogP contribution in [0, 0.1) is 0 Å². The van der Waals surface area contributed by atoms with Crippen LogP contribution in [-0.2, 0) is 5.41 Å². The van der Waals surface area contributed by atoms with E-state index >= 15 is 0 Å². The zero-order valence-electron chi connectivity index (χ0n) is 37.5. The third kappa shape index (κ3) is 6.14. The number of para-hydroxylation sites is 1. The van der Waals surface area contributed by atoms with E-state index in [0.29, 0.717) is 5.82 Å². The monoisotopic (exact) mass is 871 g/mol. The molecule has 0 saturated heterocycles. The molecule has 2 aliphatic rings. The molecule has 1 spiro atoms. The summed E-state index contributed by atoms with van der Waals surface area (Å²) in [7, 11) is 0. The van der Waals surface area contributed by atoms with Gasteiger partial charge in [-0.15, -0.1) is 0 Å². The van der Waals surface area contributed by atoms with Crippen molar-refractivity contribution in [2.45, 2.75) is 37.5 Å². The Morgan fingerprint density at radius 2 is 0.985 bits per heavy atom. The van der Waals surface area contributed by atoms with E-state index in [-0.39, 0.29) is 5.41 Å². The van der Waals surface area contributed by atoms with Crippen molar-refractivity contribution in [3.05, 3.63) is 223 Å². The minimum atomic E-state index is 0.0627. The summed E-state index contributed by atoms with van der Waals surface area (Å²) in [6, 6.07) is 76.9. The lowest BCUT2D eigenvalue weighted by Gasteiger charge is -2.36. The van der Waals surface area contributed by atoms with Gasteiger partial charge in [0.25, 0.3) is 0 Å². The van der Waals surface area contributed by atoms with Crippen molar-refractivity contribution < 1.29 is 4.42 Å². The average molecular weight is 872 g/mol. The molecule has 0 radical (unpaired) electrons. The second-order valence-electron chi connectivity index (χ2n) is 18.8. The predicted octanol–water partition coefficient (Wildman–Crippen LogP) is 17.0. The quantitative estimate of drug-likeness (QED) is 0.167. The number of fused-ring (bicyclic) bond motifs is 11. The first-order valence-corrected chi connectivity index (χ1v) is 24.0. The number of furan rings is 1. The smallest absolute Gasteiger partial charge is 0.160 e. The van der Waals surface area contributed by atoms with Crippen LogP contribution < -0.4 is 0 Å². The summed E-state index contributed by atoms with van der Waals surface area (Å²) < 4.78 is 9.01. The SMILES string of the molecule is c1ccc(-c2ccc(-c3cc(-c4cccc(-c5ccc6c7cc8c(cc7n(-c7ccc9c(c7)oc7ccccc79)c6c5)-c5ccccc5C85CCCCC5)c4)nc(-c4ccccc4)n3)cc2)cc1. The van der Waals surface area contributed by atoms with Crippen LogP contribution >= 0.6 is 0 Å². The first-order chi connectivity index (χ1) is 33.6. The number of rotatable bonds is 6. The van der Waals surface area contributed by atoms with E-state index in [9.17, 15) is 0 Å². The number of benzene rings is 9. The Balaban J connectivity index is 0.936. The van der Waals surface area contributed by atoms with Gasteiger partial charge in [0.2, 0.25) is 0 Å². The van der Waals surface area contributed by atoms with Crippen LogP contribution in [-0.4, -0.2) is 14.5 Å². The van der Waals surface area contributed by atoms with Crippen LogP contribution in [0.5, 0.6) is 0 Å². The van der Waals surface area contributed by atoms with E-state index in [1.54, 1.807) is 0 Å². The minimum Gasteiger partial charge on any atom is -0.456 e. The highest BCUT2D eigenvalue weighted by atomic mass is 16.3. The summed E-state index contributed by atoms with van der Waals surface area (Å²) >= 11 is 0. The molecule has 0 unspecified atom stereocenters. The predicted molar refractivity (Wildman–Crippen MR) is 280 cm³/mol. The molecule has 4 heteroatoms. The van der Waals surface area contributed by atoms with Gasteiger partial charge in [0, 0.05) is 55.4 Å². The maximum absolute atomic E-state index is 6.53. The lowest BCUT2D eigenvalue weighted by atomic mass is 9.68. The fraction of sp³-hybridized carbons (Fsp3) is 0.0938. The molecule has 0 aliphatic heterocycles. The van der Waals surface area contributed by atoms with E-state index < -0.39 is 0 Å². The van der Waals surface area contributed by atoms with Crippen molar-refractivity contribution in [3.63, 3.8) is 0 Å². The van der Waals surface area contributed by atoms with Crippen LogP contribution in [0.1, 0.15) is 43.2 Å². The molecule has 4 nitrogen and oxygen atoms in total. The largest absolute Gasteiger partial charge is 0.456 e. The van der Waals surface area contributed by atoms with Crippen LogP contribution in [0.3, 0.4) is 0 Å². The molecule has 322 valence electrons. The third-order valence-corrected chi connectivity index (χ3v) is 15.0. The Morgan fingerprint density at radius 3 is 1.82 bits per heavy atom. The van der Waals surface area contributed by atoms with E-state index in [2.05, 4.69) is 193 Å². The van der Waals surface area contributed by atoms with Crippen molar-refractivity contribution in [3.8, 4) is 73.0 Å². The van der Waals surface area contributed by atoms with E-state index in [1.165, 1.54) is 87.3 Å². The van der Waals surface area contributed by atoms with Gasteiger partial charge in [-0.1, -0.05) is 177 Å². The molecule has 2 aliphatic carbocycles. The third-order valence-electron chi connectivity index (χ3n) is 15.0. The van der Waals surface area contributed by atoms with Gasteiger partial charge in [-0.05, 0) is 106 Å². The van der Waals surface area contributed by atoms with Crippen molar-refractivity contribution in [2.24, 2.45) is 0 Å². The maximum atomic E-state index is 6.53. The first kappa shape index (κ1) is 38.9. The number of hydrogen-bond donors (Lipinski definition) is 0. The molecule has 0 bridgehead atoms. The molecule has 9 aromatic carbocycles. The zero-order chi connectivity index (χ0) is 44.8. The molecule has 3 aromatic heterocycles. The number of hydrogen-bond acceptors (Lipinski definition) is 3. The molecular weight excluding hydrogens is 827 g/mol. The van der Waals surface area contributed by atoms with E-state index in [4.69, 9.17) is 14.4 Å².